The first-order valence-corrected chi connectivity index (χ1v) is 7.98. The van der Waals surface area contributed by atoms with Crippen molar-refractivity contribution in [2.75, 3.05) is 0 Å². The second kappa shape index (κ2) is 6.23. The van der Waals surface area contributed by atoms with Gasteiger partial charge in [-0.05, 0) is 36.8 Å². The molecule has 0 aliphatic rings. The maximum Gasteiger partial charge on any atom is 0.335 e. The summed E-state index contributed by atoms with van der Waals surface area (Å²) in [5.41, 5.74) is 2.66. The number of rotatable bonds is 5. The molecule has 3 N–H and O–H groups in total. The molecule has 2 rings (SSSR count). The molecule has 0 aliphatic heterocycles. The van der Waals surface area contributed by atoms with Gasteiger partial charge in [-0.1, -0.05) is 6.07 Å². The van der Waals surface area contributed by atoms with Gasteiger partial charge in [0.25, 0.3) is 15.9 Å². The molecule has 9 heteroatoms. The van der Waals surface area contributed by atoms with Crippen LogP contribution in [0.4, 0.5) is 0 Å². The van der Waals surface area contributed by atoms with E-state index in [1.807, 2.05) is 4.83 Å². The lowest BCUT2D eigenvalue weighted by Crippen LogP contribution is -2.42. The van der Waals surface area contributed by atoms with E-state index in [-0.39, 0.29) is 16.2 Å². The van der Waals surface area contributed by atoms with Gasteiger partial charge in [0.2, 0.25) is 0 Å². The van der Waals surface area contributed by atoms with Crippen LogP contribution in [0.5, 0.6) is 0 Å². The molecular weight excluding hydrogens is 322 g/mol. The number of nitrogens with one attached hydrogen (secondary N) is 2. The Morgan fingerprint density at radius 3 is 2.48 bits per heavy atom. The normalized spacial score (nSPS) is 11.2. The monoisotopic (exact) mass is 337 g/mol. The van der Waals surface area contributed by atoms with Gasteiger partial charge >= 0.3 is 5.97 Å². The van der Waals surface area contributed by atoms with E-state index < -0.39 is 21.9 Å². The molecule has 1 heterocycles. The number of benzene rings is 1. The molecule has 23 heavy (non-hydrogen) atoms. The Hall–Kier alpha value is -2.65. The summed E-state index contributed by atoms with van der Waals surface area (Å²) in [7, 11) is -2.45. The van der Waals surface area contributed by atoms with Crippen molar-refractivity contribution >= 4 is 21.9 Å². The highest BCUT2D eigenvalue weighted by atomic mass is 32.2. The average Bonchev–Trinajstić information content (AvgIpc) is 2.91. The summed E-state index contributed by atoms with van der Waals surface area (Å²) in [6.07, 6.45) is 1.64. The minimum absolute atomic E-state index is 0.123. The first kappa shape index (κ1) is 16.7. The summed E-state index contributed by atoms with van der Waals surface area (Å²) in [5, 5.41) is 9.04. The zero-order chi connectivity index (χ0) is 17.2. The van der Waals surface area contributed by atoms with Crippen LogP contribution in [0.15, 0.2) is 41.4 Å². The molecule has 0 bridgehead atoms. The van der Waals surface area contributed by atoms with Gasteiger partial charge in [-0.2, -0.15) is 0 Å². The molecule has 0 fully saturated rings. The number of hydrogen-bond donors (Lipinski definition) is 3. The summed E-state index contributed by atoms with van der Waals surface area (Å²) < 4.78 is 25.8. The molecule has 0 spiro atoms. The topological polar surface area (TPSA) is 118 Å². The highest BCUT2D eigenvalue weighted by Crippen LogP contribution is 2.15. The SMILES string of the molecule is Cc1ccc(S(=O)(=O)NNC(=O)c2cccn2C)cc1C(=O)O. The van der Waals surface area contributed by atoms with Gasteiger partial charge in [0.05, 0.1) is 10.5 Å². The third-order valence-electron chi connectivity index (χ3n) is 3.23. The maximum absolute atomic E-state index is 12.2. The van der Waals surface area contributed by atoms with E-state index in [0.29, 0.717) is 5.56 Å². The molecular formula is C14H15N3O5S. The fourth-order valence-corrected chi connectivity index (χ4v) is 2.80. The lowest BCUT2D eigenvalue weighted by atomic mass is 10.1. The van der Waals surface area contributed by atoms with Gasteiger partial charge in [0.1, 0.15) is 5.69 Å². The van der Waals surface area contributed by atoms with Crippen molar-refractivity contribution in [3.05, 3.63) is 53.3 Å². The molecule has 2 aromatic rings. The smallest absolute Gasteiger partial charge is 0.335 e. The fourth-order valence-electron chi connectivity index (χ4n) is 1.93. The summed E-state index contributed by atoms with van der Waals surface area (Å²) in [4.78, 5) is 24.6. The summed E-state index contributed by atoms with van der Waals surface area (Å²) >= 11 is 0. The number of carboxylic acids is 1. The number of carboxylic acid groups (broad SMARTS) is 1. The van der Waals surface area contributed by atoms with Crippen LogP contribution in [0.25, 0.3) is 0 Å². The molecule has 0 unspecified atom stereocenters. The number of carbonyl (C=O) groups is 2. The van der Waals surface area contributed by atoms with E-state index in [2.05, 4.69) is 5.43 Å². The highest BCUT2D eigenvalue weighted by Gasteiger charge is 2.19. The predicted octanol–water partition coefficient (Wildman–Crippen LogP) is 0.655. The number of aromatic nitrogens is 1. The number of aromatic carboxylic acids is 1. The van der Waals surface area contributed by atoms with Gasteiger partial charge in [0, 0.05) is 13.2 Å². The third-order valence-corrected chi connectivity index (χ3v) is 4.47. The Morgan fingerprint density at radius 2 is 1.91 bits per heavy atom. The van der Waals surface area contributed by atoms with Crippen LogP contribution >= 0.6 is 0 Å². The second-order valence-corrected chi connectivity index (χ2v) is 6.53. The zero-order valence-electron chi connectivity index (χ0n) is 12.4. The van der Waals surface area contributed by atoms with E-state index in [9.17, 15) is 18.0 Å². The van der Waals surface area contributed by atoms with Gasteiger partial charge < -0.3 is 9.67 Å². The minimum atomic E-state index is -4.09. The number of nitrogens with zero attached hydrogens (tertiary/aromatic N) is 1. The standard InChI is InChI=1S/C14H15N3O5S/c1-9-5-6-10(8-11(9)14(19)20)23(21,22)16-15-13(18)12-4-3-7-17(12)2/h3-8,16H,1-2H3,(H,15,18)(H,19,20). The van der Waals surface area contributed by atoms with Crippen molar-refractivity contribution in [3.8, 4) is 0 Å². The second-order valence-electron chi connectivity index (χ2n) is 4.85. The van der Waals surface area contributed by atoms with Crippen LogP contribution in [0, 0.1) is 6.92 Å². The summed E-state index contributed by atoms with van der Waals surface area (Å²) in [6.45, 7) is 1.56. The predicted molar refractivity (Wildman–Crippen MR) is 81.3 cm³/mol. The van der Waals surface area contributed by atoms with E-state index in [4.69, 9.17) is 5.11 Å². The van der Waals surface area contributed by atoms with Gasteiger partial charge in [0.15, 0.2) is 0 Å². The van der Waals surface area contributed by atoms with Crippen molar-refractivity contribution in [3.63, 3.8) is 0 Å². The van der Waals surface area contributed by atoms with Crippen molar-refractivity contribution in [2.24, 2.45) is 7.05 Å². The molecule has 1 aromatic carbocycles. The van der Waals surface area contributed by atoms with Crippen LogP contribution in [0.2, 0.25) is 0 Å². The Kier molecular flexibility index (Phi) is 4.52. The number of hydrogen-bond acceptors (Lipinski definition) is 4. The van der Waals surface area contributed by atoms with Crippen molar-refractivity contribution < 1.29 is 23.1 Å². The molecule has 0 saturated heterocycles. The van der Waals surface area contributed by atoms with Crippen LogP contribution in [-0.4, -0.2) is 30.0 Å². The molecule has 0 aliphatic carbocycles. The number of sulfonamides is 1. The van der Waals surface area contributed by atoms with Crippen LogP contribution in [0.3, 0.4) is 0 Å². The third kappa shape index (κ3) is 3.58. The van der Waals surface area contributed by atoms with Crippen LogP contribution in [0.1, 0.15) is 26.4 Å². The van der Waals surface area contributed by atoms with Crippen molar-refractivity contribution in [2.45, 2.75) is 11.8 Å². The van der Waals surface area contributed by atoms with Crippen molar-refractivity contribution in [1.82, 2.24) is 14.8 Å². The number of aryl methyl sites for hydroxylation is 2. The van der Waals surface area contributed by atoms with Crippen LogP contribution in [-0.2, 0) is 17.1 Å². The van der Waals surface area contributed by atoms with E-state index >= 15 is 0 Å². The summed E-state index contributed by atoms with van der Waals surface area (Å²) in [5.74, 6) is -1.86. The lowest BCUT2D eigenvalue weighted by Gasteiger charge is -2.10. The Labute approximate surface area is 132 Å². The fraction of sp³-hybridized carbons (Fsp3) is 0.143. The van der Waals surface area contributed by atoms with E-state index in [0.717, 1.165) is 6.07 Å². The number of carbonyl (C=O) groups excluding carboxylic acids is 1. The molecule has 1 amide bonds. The Bertz CT molecular complexity index is 870. The molecule has 0 saturated carbocycles. The number of hydrazine groups is 1. The van der Waals surface area contributed by atoms with Gasteiger partial charge in [-0.3, -0.25) is 10.2 Å². The quantitative estimate of drug-likeness (QED) is 0.693. The lowest BCUT2D eigenvalue weighted by molar-refractivity contribution is 0.0695. The zero-order valence-corrected chi connectivity index (χ0v) is 13.2. The molecule has 122 valence electrons. The maximum atomic E-state index is 12.2. The molecule has 8 nitrogen and oxygen atoms in total. The molecule has 0 radical (unpaired) electrons. The molecule has 0 atom stereocenters. The Morgan fingerprint density at radius 1 is 1.22 bits per heavy atom. The first-order valence-electron chi connectivity index (χ1n) is 6.50. The van der Waals surface area contributed by atoms with Crippen LogP contribution < -0.4 is 10.3 Å². The number of amides is 1. The molecule has 1 aromatic heterocycles. The largest absolute Gasteiger partial charge is 0.478 e. The van der Waals surface area contributed by atoms with Gasteiger partial charge in [-0.15, -0.1) is 4.83 Å². The average molecular weight is 337 g/mol. The Balaban J connectivity index is 2.20. The van der Waals surface area contributed by atoms with E-state index in [1.165, 1.54) is 22.8 Å². The van der Waals surface area contributed by atoms with Crippen molar-refractivity contribution in [1.29, 1.82) is 0 Å². The van der Waals surface area contributed by atoms with E-state index in [1.54, 1.807) is 26.2 Å². The summed E-state index contributed by atoms with van der Waals surface area (Å²) in [6, 6.07) is 6.85. The van der Waals surface area contributed by atoms with Gasteiger partial charge in [-0.25, -0.2) is 13.2 Å². The first-order chi connectivity index (χ1) is 10.7. The highest BCUT2D eigenvalue weighted by molar-refractivity contribution is 7.89. The minimum Gasteiger partial charge on any atom is -0.478 e.